The van der Waals surface area contributed by atoms with E-state index in [1.165, 1.54) is 31.6 Å². The summed E-state index contributed by atoms with van der Waals surface area (Å²) in [7, 11) is 1.44. The molecular formula is C24H25ClF3N5O6S. The van der Waals surface area contributed by atoms with Crippen molar-refractivity contribution in [3.05, 3.63) is 62.3 Å². The Morgan fingerprint density at radius 1 is 1.20 bits per heavy atom. The minimum Gasteiger partial charge on any atom is -0.480 e. The average Bonchev–Trinajstić information content (AvgIpc) is 3.43. The smallest absolute Gasteiger partial charge is 0.416 e. The molecule has 2 amide bonds. The van der Waals surface area contributed by atoms with Gasteiger partial charge < -0.3 is 20.5 Å². The molecule has 3 aromatic rings. The molecule has 11 nitrogen and oxygen atoms in total. The molecule has 1 unspecified atom stereocenters. The van der Waals surface area contributed by atoms with Crippen LogP contribution in [0.25, 0.3) is 10.7 Å². The van der Waals surface area contributed by atoms with Crippen molar-refractivity contribution >= 4 is 40.7 Å². The summed E-state index contributed by atoms with van der Waals surface area (Å²) in [4.78, 5) is 51.2. The molecule has 0 fully saturated rings. The molecule has 0 aliphatic carbocycles. The number of methoxy groups -OCH3 is 1. The normalized spacial score (nSPS) is 12.7. The molecule has 0 aliphatic heterocycles. The summed E-state index contributed by atoms with van der Waals surface area (Å²) < 4.78 is 47.6. The Bertz CT molecular complexity index is 1470. The van der Waals surface area contributed by atoms with Gasteiger partial charge in [0.05, 0.1) is 27.9 Å². The summed E-state index contributed by atoms with van der Waals surface area (Å²) in [5.41, 5.74) is -3.83. The van der Waals surface area contributed by atoms with Gasteiger partial charge in [0.15, 0.2) is 5.82 Å². The number of rotatable bonds is 11. The van der Waals surface area contributed by atoms with Crippen LogP contribution in [0.3, 0.4) is 0 Å². The molecule has 3 rings (SSSR count). The van der Waals surface area contributed by atoms with Crippen LogP contribution in [-0.2, 0) is 38.4 Å². The topological polar surface area (TPSA) is 145 Å². The second-order valence-electron chi connectivity index (χ2n) is 9.06. The number of hydrogen-bond acceptors (Lipinski definition) is 7. The van der Waals surface area contributed by atoms with Crippen molar-refractivity contribution in [3.63, 3.8) is 0 Å². The number of halogens is 4. The highest BCUT2D eigenvalue weighted by Crippen LogP contribution is 2.31. The van der Waals surface area contributed by atoms with Crippen LogP contribution in [-0.4, -0.2) is 56.5 Å². The van der Waals surface area contributed by atoms with Crippen molar-refractivity contribution in [3.8, 4) is 10.7 Å². The first-order chi connectivity index (χ1) is 18.6. The van der Waals surface area contributed by atoms with Crippen molar-refractivity contribution in [1.82, 2.24) is 25.0 Å². The van der Waals surface area contributed by atoms with Gasteiger partial charge >= 0.3 is 17.8 Å². The number of thiophene rings is 1. The van der Waals surface area contributed by atoms with Crippen molar-refractivity contribution < 1.29 is 37.4 Å². The zero-order valence-electron chi connectivity index (χ0n) is 21.4. The maximum Gasteiger partial charge on any atom is 0.416 e. The lowest BCUT2D eigenvalue weighted by Crippen LogP contribution is -2.53. The molecule has 0 radical (unpaired) electrons. The average molecular weight is 604 g/mol. The second kappa shape index (κ2) is 12.2. The standard InChI is InChI=1S/C24H25ClF3N5O6S/c1-23(2,21(36)37)30-20(35)18(13-5-4-6-14(11-13)24(26,27)28)29-17(34)12-33-22(38)32(9-10-39-3)19(31-33)15-7-8-16(25)40-15/h4-8,11,18H,9-10,12H2,1-3H3,(H,29,34)(H,30,35)(H,36,37). The SMILES string of the molecule is COCCn1c(-c2ccc(Cl)s2)nn(CC(=O)NC(C(=O)NC(C)(C)C(=O)O)c2cccc(C(F)(F)F)c2)c1=O. The largest absolute Gasteiger partial charge is 0.480 e. The Morgan fingerprint density at radius 3 is 2.48 bits per heavy atom. The Hall–Kier alpha value is -3.69. The van der Waals surface area contributed by atoms with Crippen molar-refractivity contribution in [2.45, 2.75) is 44.7 Å². The third-order valence-corrected chi connectivity index (χ3v) is 6.84. The number of alkyl halides is 3. The van der Waals surface area contributed by atoms with Gasteiger partial charge in [-0.1, -0.05) is 23.7 Å². The fraction of sp³-hybridized carbons (Fsp3) is 0.375. The molecule has 0 saturated carbocycles. The molecule has 16 heteroatoms. The van der Waals surface area contributed by atoms with E-state index in [1.54, 1.807) is 12.1 Å². The number of carboxylic acids is 1. The summed E-state index contributed by atoms with van der Waals surface area (Å²) in [6.07, 6.45) is -4.75. The lowest BCUT2D eigenvalue weighted by Gasteiger charge is -2.26. The predicted octanol–water partition coefficient (Wildman–Crippen LogP) is 2.93. The first-order valence-electron chi connectivity index (χ1n) is 11.6. The number of aromatic nitrogens is 3. The molecule has 40 heavy (non-hydrogen) atoms. The van der Waals surface area contributed by atoms with Crippen molar-refractivity contribution in [2.24, 2.45) is 0 Å². The van der Waals surface area contributed by atoms with Crippen LogP contribution in [0.2, 0.25) is 4.34 Å². The number of benzene rings is 1. The molecule has 0 aliphatic rings. The zero-order chi connectivity index (χ0) is 29.8. The fourth-order valence-corrected chi connectivity index (χ4v) is 4.55. The van der Waals surface area contributed by atoms with Crippen LogP contribution in [0.1, 0.15) is 31.0 Å². The minimum atomic E-state index is -4.75. The second-order valence-corrected chi connectivity index (χ2v) is 10.8. The van der Waals surface area contributed by atoms with Crippen LogP contribution < -0.4 is 16.3 Å². The molecular weight excluding hydrogens is 579 g/mol. The molecule has 0 spiro atoms. The highest BCUT2D eigenvalue weighted by molar-refractivity contribution is 7.19. The molecule has 0 saturated heterocycles. The molecule has 3 N–H and O–H groups in total. The maximum absolute atomic E-state index is 13.3. The summed E-state index contributed by atoms with van der Waals surface area (Å²) in [6, 6.07) is 5.20. The Labute approximate surface area is 234 Å². The number of nitrogens with zero attached hydrogens (tertiary/aromatic N) is 3. The summed E-state index contributed by atoms with van der Waals surface area (Å²) in [6.45, 7) is 1.89. The van der Waals surface area contributed by atoms with E-state index >= 15 is 0 Å². The highest BCUT2D eigenvalue weighted by atomic mass is 35.5. The number of ether oxygens (including phenoxy) is 1. The maximum atomic E-state index is 13.3. The lowest BCUT2D eigenvalue weighted by molar-refractivity contribution is -0.146. The van der Waals surface area contributed by atoms with Crippen LogP contribution in [0.5, 0.6) is 0 Å². The molecule has 1 atom stereocenters. The Morgan fingerprint density at radius 2 is 1.90 bits per heavy atom. The van der Waals surface area contributed by atoms with E-state index in [0.717, 1.165) is 28.2 Å². The molecule has 0 bridgehead atoms. The summed E-state index contributed by atoms with van der Waals surface area (Å²) in [5, 5.41) is 18.1. The van der Waals surface area contributed by atoms with Crippen LogP contribution in [0, 0.1) is 0 Å². The number of hydrogen-bond donors (Lipinski definition) is 3. The highest BCUT2D eigenvalue weighted by Gasteiger charge is 2.35. The quantitative estimate of drug-likeness (QED) is 0.306. The monoisotopic (exact) mass is 603 g/mol. The van der Waals surface area contributed by atoms with Gasteiger partial charge in [-0.05, 0) is 43.7 Å². The fourth-order valence-electron chi connectivity index (χ4n) is 3.52. The number of carbonyl (C=O) groups is 3. The van der Waals surface area contributed by atoms with E-state index in [0.29, 0.717) is 15.3 Å². The number of amides is 2. The predicted molar refractivity (Wildman–Crippen MR) is 139 cm³/mol. The van der Waals surface area contributed by atoms with E-state index in [4.69, 9.17) is 16.3 Å². The van der Waals surface area contributed by atoms with Crippen LogP contribution in [0.15, 0.2) is 41.2 Å². The number of carboxylic acid groups (broad SMARTS) is 1. The summed E-state index contributed by atoms with van der Waals surface area (Å²) in [5.74, 6) is -3.22. The van der Waals surface area contributed by atoms with Gasteiger partial charge in [-0.25, -0.2) is 14.3 Å². The van der Waals surface area contributed by atoms with Crippen LogP contribution >= 0.6 is 22.9 Å². The van der Waals surface area contributed by atoms with E-state index < -0.39 is 53.3 Å². The van der Waals surface area contributed by atoms with E-state index in [1.807, 2.05) is 0 Å². The Kier molecular flexibility index (Phi) is 9.43. The first kappa shape index (κ1) is 30.8. The summed E-state index contributed by atoms with van der Waals surface area (Å²) >= 11 is 7.16. The zero-order valence-corrected chi connectivity index (χ0v) is 23.0. The third kappa shape index (κ3) is 7.28. The van der Waals surface area contributed by atoms with Gasteiger partial charge in [-0.3, -0.25) is 14.2 Å². The van der Waals surface area contributed by atoms with E-state index in [-0.39, 0.29) is 24.5 Å². The van der Waals surface area contributed by atoms with E-state index in [2.05, 4.69) is 15.7 Å². The molecule has 2 aromatic heterocycles. The van der Waals surface area contributed by atoms with Gasteiger partial charge in [0, 0.05) is 7.11 Å². The van der Waals surface area contributed by atoms with Gasteiger partial charge in [0.2, 0.25) is 11.8 Å². The number of aliphatic carboxylic acids is 1. The van der Waals surface area contributed by atoms with Crippen molar-refractivity contribution in [1.29, 1.82) is 0 Å². The van der Waals surface area contributed by atoms with Crippen molar-refractivity contribution in [2.75, 3.05) is 13.7 Å². The van der Waals surface area contributed by atoms with Gasteiger partial charge in [0.25, 0.3) is 0 Å². The van der Waals surface area contributed by atoms with E-state index in [9.17, 15) is 37.5 Å². The molecule has 1 aromatic carbocycles. The molecule has 216 valence electrons. The molecule has 2 heterocycles. The number of nitrogens with one attached hydrogen (secondary N) is 2. The van der Waals surface area contributed by atoms with Gasteiger partial charge in [-0.15, -0.1) is 16.4 Å². The third-order valence-electron chi connectivity index (χ3n) is 5.61. The lowest BCUT2D eigenvalue weighted by atomic mass is 10.00. The van der Waals surface area contributed by atoms with Gasteiger partial charge in [-0.2, -0.15) is 13.2 Å². The van der Waals surface area contributed by atoms with Gasteiger partial charge in [0.1, 0.15) is 18.1 Å². The number of carbonyl (C=O) groups excluding carboxylic acids is 2. The Balaban J connectivity index is 1.95. The minimum absolute atomic E-state index is 0.0986. The van der Waals surface area contributed by atoms with Crippen LogP contribution in [0.4, 0.5) is 13.2 Å². The first-order valence-corrected chi connectivity index (χ1v) is 12.8.